The van der Waals surface area contributed by atoms with Crippen molar-refractivity contribution in [2.45, 2.75) is 0 Å². The molecule has 0 bridgehead atoms. The van der Waals surface area contributed by atoms with Crippen molar-refractivity contribution in [2.75, 3.05) is 6.61 Å². The van der Waals surface area contributed by atoms with Crippen LogP contribution < -0.4 is 0 Å². The summed E-state index contributed by atoms with van der Waals surface area (Å²) >= 11 is 4.00. The van der Waals surface area contributed by atoms with Crippen molar-refractivity contribution < 1.29 is 9.53 Å². The van der Waals surface area contributed by atoms with Gasteiger partial charge in [0.05, 0.1) is 5.56 Å². The normalized spacial score (nSPS) is 8.71. The summed E-state index contributed by atoms with van der Waals surface area (Å²) in [6, 6.07) is 7.29. The molecule has 0 N–H and O–H groups in total. The minimum Gasteiger partial charge on any atom is -0.449 e. The predicted molar refractivity (Wildman–Crippen MR) is 71.2 cm³/mol. The first kappa shape index (κ1) is 11.8. The number of ether oxygens (including phenoxy) is 1. The number of benzene rings is 1. The van der Waals surface area contributed by atoms with Crippen molar-refractivity contribution in [3.05, 3.63) is 33.4 Å². The van der Waals surface area contributed by atoms with Crippen LogP contribution in [0.1, 0.15) is 10.4 Å². The number of rotatable bonds is 2. The van der Waals surface area contributed by atoms with E-state index in [0.29, 0.717) is 5.56 Å². The molecule has 0 amide bonds. The van der Waals surface area contributed by atoms with Crippen molar-refractivity contribution in [2.24, 2.45) is 0 Å². The van der Waals surface area contributed by atoms with Gasteiger partial charge in [0.2, 0.25) is 0 Å². The lowest BCUT2D eigenvalue weighted by atomic mass is 10.2. The summed E-state index contributed by atoms with van der Waals surface area (Å²) < 4.78 is 8.44. The van der Waals surface area contributed by atoms with E-state index < -0.39 is 0 Å². The summed E-state index contributed by atoms with van der Waals surface area (Å²) in [7, 11) is 0. The van der Waals surface area contributed by atoms with Gasteiger partial charge in [-0.05, 0) is 38.7 Å². The van der Waals surface area contributed by atoms with Crippen LogP contribution in [0.25, 0.3) is 0 Å². The molecule has 0 saturated heterocycles. The Kier molecular flexibility index (Phi) is 5.25. The number of hydrogen-bond acceptors (Lipinski definition) is 2. The third-order valence-electron chi connectivity index (χ3n) is 1.44. The second kappa shape index (κ2) is 6.24. The summed E-state index contributed by atoms with van der Waals surface area (Å²) in [5.41, 5.74) is 0.586. The highest BCUT2D eigenvalue weighted by Crippen LogP contribution is 2.12. The molecule has 0 heterocycles. The summed E-state index contributed by atoms with van der Waals surface area (Å²) in [6.07, 6.45) is 0. The Balaban J connectivity index is 2.68. The smallest absolute Gasteiger partial charge is 0.340 e. The zero-order valence-electron chi connectivity index (χ0n) is 7.09. The molecule has 14 heavy (non-hydrogen) atoms. The third-order valence-corrected chi connectivity index (χ3v) is 2.76. The largest absolute Gasteiger partial charge is 0.449 e. The second-order valence-electron chi connectivity index (χ2n) is 2.33. The van der Waals surface area contributed by atoms with Crippen molar-refractivity contribution in [3.63, 3.8) is 0 Å². The molecular formula is C10H6I2O2. The van der Waals surface area contributed by atoms with Crippen LogP contribution in [0.2, 0.25) is 0 Å². The topological polar surface area (TPSA) is 26.3 Å². The van der Waals surface area contributed by atoms with Gasteiger partial charge in [0.15, 0.2) is 6.61 Å². The number of halogens is 2. The summed E-state index contributed by atoms with van der Waals surface area (Å²) in [5.74, 6) is 2.33. The van der Waals surface area contributed by atoms with E-state index in [1.807, 2.05) is 40.8 Å². The van der Waals surface area contributed by atoms with E-state index in [4.69, 9.17) is 4.74 Å². The molecule has 1 aromatic carbocycles. The quantitative estimate of drug-likeness (QED) is 0.425. The zero-order valence-corrected chi connectivity index (χ0v) is 11.4. The molecule has 1 rings (SSSR count). The fourth-order valence-electron chi connectivity index (χ4n) is 0.833. The summed E-state index contributed by atoms with van der Waals surface area (Å²) in [4.78, 5) is 11.4. The maximum atomic E-state index is 11.4. The molecule has 1 aromatic rings. The fourth-order valence-corrected chi connectivity index (χ4v) is 1.60. The molecular weight excluding hydrogens is 406 g/mol. The molecule has 0 spiro atoms. The number of esters is 1. The molecule has 0 atom stereocenters. The molecule has 0 aliphatic rings. The Bertz CT molecular complexity index is 391. The molecule has 0 unspecified atom stereocenters. The lowest BCUT2D eigenvalue weighted by molar-refractivity contribution is 0.0555. The van der Waals surface area contributed by atoms with Gasteiger partial charge in [-0.1, -0.05) is 18.1 Å². The highest BCUT2D eigenvalue weighted by Gasteiger charge is 2.09. The lowest BCUT2D eigenvalue weighted by Gasteiger charge is -2.02. The van der Waals surface area contributed by atoms with Crippen molar-refractivity contribution in [1.82, 2.24) is 0 Å². The van der Waals surface area contributed by atoms with Crippen molar-refractivity contribution >= 4 is 51.2 Å². The van der Waals surface area contributed by atoms with Crippen LogP contribution in [0, 0.1) is 13.4 Å². The molecule has 0 aliphatic carbocycles. The number of carbonyl (C=O) groups excluding carboxylic acids is 1. The van der Waals surface area contributed by atoms with Gasteiger partial charge in [0.1, 0.15) is 0 Å². The van der Waals surface area contributed by atoms with E-state index in [9.17, 15) is 4.79 Å². The highest BCUT2D eigenvalue weighted by atomic mass is 127. The standard InChI is InChI=1S/C10H6I2O2/c11-6-3-7-14-10(13)8-4-1-2-5-9(8)12/h1-2,4-5H,7H2. The van der Waals surface area contributed by atoms with E-state index in [1.54, 1.807) is 6.07 Å². The summed E-state index contributed by atoms with van der Waals surface area (Å²) in [5, 5.41) is 0. The van der Waals surface area contributed by atoms with Crippen LogP contribution in [-0.4, -0.2) is 12.6 Å². The Morgan fingerprint density at radius 2 is 2.14 bits per heavy atom. The van der Waals surface area contributed by atoms with Crippen LogP contribution in [0.15, 0.2) is 24.3 Å². The molecule has 4 heteroatoms. The van der Waals surface area contributed by atoms with Gasteiger partial charge < -0.3 is 4.74 Å². The maximum Gasteiger partial charge on any atom is 0.340 e. The summed E-state index contributed by atoms with van der Waals surface area (Å²) in [6.45, 7) is 0.146. The molecule has 72 valence electrons. The van der Waals surface area contributed by atoms with Crippen LogP contribution in [0.5, 0.6) is 0 Å². The Labute approximate surface area is 110 Å². The minimum absolute atomic E-state index is 0.146. The molecule has 0 fully saturated rings. The van der Waals surface area contributed by atoms with E-state index in [1.165, 1.54) is 0 Å². The SMILES string of the molecule is O=C(OCC#CI)c1ccccc1I. The average molecular weight is 412 g/mol. The highest BCUT2D eigenvalue weighted by molar-refractivity contribution is 14.1. The van der Waals surface area contributed by atoms with E-state index in [-0.39, 0.29) is 12.6 Å². The third kappa shape index (κ3) is 3.46. The van der Waals surface area contributed by atoms with Gasteiger partial charge in [-0.15, -0.1) is 0 Å². The van der Waals surface area contributed by atoms with Gasteiger partial charge in [-0.3, -0.25) is 0 Å². The minimum atomic E-state index is -0.325. The van der Waals surface area contributed by atoms with E-state index in [0.717, 1.165) is 3.57 Å². The van der Waals surface area contributed by atoms with E-state index >= 15 is 0 Å². The van der Waals surface area contributed by atoms with Crippen molar-refractivity contribution in [3.8, 4) is 9.85 Å². The van der Waals surface area contributed by atoms with Gasteiger partial charge >= 0.3 is 5.97 Å². The Hall–Kier alpha value is -0.290. The van der Waals surface area contributed by atoms with Gasteiger partial charge in [0, 0.05) is 26.2 Å². The number of carbonyl (C=O) groups is 1. The van der Waals surface area contributed by atoms with Gasteiger partial charge in [-0.25, -0.2) is 4.79 Å². The molecule has 0 radical (unpaired) electrons. The van der Waals surface area contributed by atoms with Gasteiger partial charge in [0.25, 0.3) is 0 Å². The van der Waals surface area contributed by atoms with Crippen molar-refractivity contribution in [1.29, 1.82) is 0 Å². The molecule has 2 nitrogen and oxygen atoms in total. The van der Waals surface area contributed by atoms with Crippen LogP contribution >= 0.6 is 45.2 Å². The second-order valence-corrected chi connectivity index (χ2v) is 4.03. The number of hydrogen-bond donors (Lipinski definition) is 0. The first-order chi connectivity index (χ1) is 6.75. The lowest BCUT2D eigenvalue weighted by Crippen LogP contribution is -2.06. The zero-order chi connectivity index (χ0) is 10.4. The van der Waals surface area contributed by atoms with Crippen LogP contribution in [0.4, 0.5) is 0 Å². The Morgan fingerprint density at radius 3 is 2.79 bits per heavy atom. The monoisotopic (exact) mass is 412 g/mol. The van der Waals surface area contributed by atoms with Crippen LogP contribution in [0.3, 0.4) is 0 Å². The molecule has 0 aromatic heterocycles. The first-order valence-corrected chi connectivity index (χ1v) is 5.91. The first-order valence-electron chi connectivity index (χ1n) is 3.76. The van der Waals surface area contributed by atoms with Gasteiger partial charge in [-0.2, -0.15) is 0 Å². The molecule has 0 aliphatic heterocycles. The predicted octanol–water partition coefficient (Wildman–Crippen LogP) is 2.84. The van der Waals surface area contributed by atoms with E-state index in [2.05, 4.69) is 32.4 Å². The average Bonchev–Trinajstić information content (AvgIpc) is 2.18. The van der Waals surface area contributed by atoms with Crippen LogP contribution in [-0.2, 0) is 4.74 Å². The fraction of sp³-hybridized carbons (Fsp3) is 0.100. The molecule has 0 saturated carbocycles. The Morgan fingerprint density at radius 1 is 1.43 bits per heavy atom. The maximum absolute atomic E-state index is 11.4.